The lowest BCUT2D eigenvalue weighted by Crippen LogP contribution is -2.29. The second kappa shape index (κ2) is 4.43. The van der Waals surface area contributed by atoms with E-state index in [0.717, 1.165) is 18.5 Å². The van der Waals surface area contributed by atoms with Gasteiger partial charge in [-0.3, -0.25) is 0 Å². The summed E-state index contributed by atoms with van der Waals surface area (Å²) < 4.78 is 0. The Labute approximate surface area is 81.5 Å². The van der Waals surface area contributed by atoms with Crippen molar-refractivity contribution in [3.05, 3.63) is 0 Å². The van der Waals surface area contributed by atoms with Crippen LogP contribution in [0.4, 0.5) is 0 Å². The molecule has 0 aromatic heterocycles. The first kappa shape index (κ1) is 9.47. The van der Waals surface area contributed by atoms with Gasteiger partial charge in [-0.05, 0) is 51.2 Å². The minimum atomic E-state index is 0.854. The van der Waals surface area contributed by atoms with Crippen molar-refractivity contribution in [3.63, 3.8) is 0 Å². The van der Waals surface area contributed by atoms with Gasteiger partial charge in [0.05, 0.1) is 0 Å². The minimum absolute atomic E-state index is 0.854. The van der Waals surface area contributed by atoms with E-state index in [1.807, 2.05) is 0 Å². The molecule has 0 spiro atoms. The van der Waals surface area contributed by atoms with Gasteiger partial charge in [-0.15, -0.1) is 0 Å². The average molecular weight is 182 g/mol. The lowest BCUT2D eigenvalue weighted by molar-refractivity contribution is 0.253. The molecule has 0 bridgehead atoms. The molecule has 0 unspecified atom stereocenters. The van der Waals surface area contributed by atoms with Crippen LogP contribution in [-0.2, 0) is 0 Å². The number of nitrogens with two attached hydrogens (primary N) is 1. The Morgan fingerprint density at radius 1 is 1.08 bits per heavy atom. The molecule has 0 atom stereocenters. The minimum Gasteiger partial charge on any atom is -0.330 e. The molecule has 2 nitrogen and oxygen atoms in total. The van der Waals surface area contributed by atoms with Crippen LogP contribution in [-0.4, -0.2) is 30.6 Å². The van der Waals surface area contributed by atoms with Gasteiger partial charge in [0.2, 0.25) is 0 Å². The smallest absolute Gasteiger partial charge is 0.00964 e. The fraction of sp³-hybridized carbons (Fsp3) is 1.00. The summed E-state index contributed by atoms with van der Waals surface area (Å²) in [6, 6.07) is 0.935. The second-order valence-corrected chi connectivity index (χ2v) is 4.64. The van der Waals surface area contributed by atoms with Gasteiger partial charge >= 0.3 is 0 Å². The third kappa shape index (κ3) is 3.28. The highest BCUT2D eigenvalue weighted by Crippen LogP contribution is 2.34. The van der Waals surface area contributed by atoms with Crippen LogP contribution in [0.3, 0.4) is 0 Å². The molecular formula is C11H22N2. The quantitative estimate of drug-likeness (QED) is 0.648. The van der Waals surface area contributed by atoms with Crippen molar-refractivity contribution in [2.45, 2.75) is 44.6 Å². The summed E-state index contributed by atoms with van der Waals surface area (Å²) in [5.41, 5.74) is 5.54. The Morgan fingerprint density at radius 2 is 1.85 bits per heavy atom. The van der Waals surface area contributed by atoms with Crippen LogP contribution in [0.2, 0.25) is 0 Å². The van der Waals surface area contributed by atoms with E-state index in [4.69, 9.17) is 5.73 Å². The summed E-state index contributed by atoms with van der Waals surface area (Å²) in [7, 11) is 0. The number of hydrogen-bond acceptors (Lipinski definition) is 2. The van der Waals surface area contributed by atoms with Crippen LogP contribution in [0, 0.1) is 5.92 Å². The summed E-state index contributed by atoms with van der Waals surface area (Å²) in [6.45, 7) is 3.44. The molecule has 2 N–H and O–H groups in total. The van der Waals surface area contributed by atoms with Crippen LogP contribution in [0.25, 0.3) is 0 Å². The Hall–Kier alpha value is -0.0800. The van der Waals surface area contributed by atoms with Crippen LogP contribution in [0.5, 0.6) is 0 Å². The lowest BCUT2D eigenvalue weighted by Gasteiger charge is -2.21. The van der Waals surface area contributed by atoms with Gasteiger partial charge in [-0.25, -0.2) is 0 Å². The van der Waals surface area contributed by atoms with Gasteiger partial charge < -0.3 is 10.6 Å². The molecule has 2 saturated carbocycles. The molecule has 0 heterocycles. The highest BCUT2D eigenvalue weighted by Gasteiger charge is 2.30. The van der Waals surface area contributed by atoms with E-state index in [2.05, 4.69) is 4.90 Å². The largest absolute Gasteiger partial charge is 0.330 e. The molecular weight excluding hydrogens is 160 g/mol. The Morgan fingerprint density at radius 3 is 2.38 bits per heavy atom. The third-order valence-corrected chi connectivity index (χ3v) is 3.23. The summed E-state index contributed by atoms with van der Waals surface area (Å²) in [4.78, 5) is 2.67. The van der Waals surface area contributed by atoms with Crippen LogP contribution in [0.1, 0.15) is 38.5 Å². The standard InChI is InChI=1S/C11H22N2/c12-7-1-8-13(11-4-5-11)9-6-10-2-3-10/h10-11H,1-9,12H2. The molecule has 2 rings (SSSR count). The highest BCUT2D eigenvalue weighted by atomic mass is 15.2. The average Bonchev–Trinajstić information content (AvgIpc) is 2.99. The molecule has 2 fully saturated rings. The summed E-state index contributed by atoms with van der Waals surface area (Å²) in [5, 5.41) is 0. The van der Waals surface area contributed by atoms with Crippen molar-refractivity contribution in [2.75, 3.05) is 19.6 Å². The Balaban J connectivity index is 1.62. The zero-order chi connectivity index (χ0) is 9.10. The molecule has 2 aliphatic carbocycles. The first-order chi connectivity index (χ1) is 6.40. The molecule has 76 valence electrons. The molecule has 0 radical (unpaired) electrons. The topological polar surface area (TPSA) is 29.3 Å². The molecule has 0 aromatic rings. The summed E-state index contributed by atoms with van der Waals surface area (Å²) >= 11 is 0. The first-order valence-electron chi connectivity index (χ1n) is 5.84. The van der Waals surface area contributed by atoms with Gasteiger partial charge in [0, 0.05) is 6.04 Å². The predicted molar refractivity (Wildman–Crippen MR) is 55.6 cm³/mol. The molecule has 2 heteroatoms. The van der Waals surface area contributed by atoms with Crippen LogP contribution in [0.15, 0.2) is 0 Å². The summed E-state index contributed by atoms with van der Waals surface area (Å²) in [6.07, 6.45) is 8.50. The van der Waals surface area contributed by atoms with E-state index in [-0.39, 0.29) is 0 Å². The molecule has 13 heavy (non-hydrogen) atoms. The van der Waals surface area contributed by atoms with Crippen molar-refractivity contribution in [1.29, 1.82) is 0 Å². The maximum Gasteiger partial charge on any atom is 0.00964 e. The highest BCUT2D eigenvalue weighted by molar-refractivity contribution is 4.85. The Bertz CT molecular complexity index is 150. The lowest BCUT2D eigenvalue weighted by atomic mass is 10.2. The van der Waals surface area contributed by atoms with Crippen molar-refractivity contribution in [1.82, 2.24) is 4.90 Å². The van der Waals surface area contributed by atoms with E-state index in [1.54, 1.807) is 0 Å². The number of hydrogen-bond donors (Lipinski definition) is 1. The second-order valence-electron chi connectivity index (χ2n) is 4.64. The van der Waals surface area contributed by atoms with E-state index in [1.165, 1.54) is 51.6 Å². The fourth-order valence-electron chi connectivity index (χ4n) is 1.97. The first-order valence-corrected chi connectivity index (χ1v) is 5.84. The monoisotopic (exact) mass is 182 g/mol. The maximum atomic E-state index is 5.54. The van der Waals surface area contributed by atoms with Crippen LogP contribution < -0.4 is 5.73 Å². The van der Waals surface area contributed by atoms with Crippen molar-refractivity contribution in [3.8, 4) is 0 Å². The van der Waals surface area contributed by atoms with Gasteiger partial charge in [-0.2, -0.15) is 0 Å². The Kier molecular flexibility index (Phi) is 3.23. The molecule has 0 saturated heterocycles. The SMILES string of the molecule is NCCCN(CCC1CC1)C1CC1. The van der Waals surface area contributed by atoms with Crippen molar-refractivity contribution < 1.29 is 0 Å². The van der Waals surface area contributed by atoms with Gasteiger partial charge in [0.25, 0.3) is 0 Å². The van der Waals surface area contributed by atoms with E-state index in [9.17, 15) is 0 Å². The van der Waals surface area contributed by atoms with E-state index in [0.29, 0.717) is 0 Å². The van der Waals surface area contributed by atoms with Crippen molar-refractivity contribution >= 4 is 0 Å². The van der Waals surface area contributed by atoms with Gasteiger partial charge in [0.1, 0.15) is 0 Å². The van der Waals surface area contributed by atoms with Gasteiger partial charge in [-0.1, -0.05) is 12.8 Å². The molecule has 0 aliphatic heterocycles. The summed E-state index contributed by atoms with van der Waals surface area (Å²) in [5.74, 6) is 1.08. The predicted octanol–water partition coefficient (Wildman–Crippen LogP) is 1.60. The number of nitrogens with zero attached hydrogens (tertiary/aromatic N) is 1. The van der Waals surface area contributed by atoms with Gasteiger partial charge in [0.15, 0.2) is 0 Å². The van der Waals surface area contributed by atoms with Crippen LogP contribution >= 0.6 is 0 Å². The molecule has 0 amide bonds. The maximum absolute atomic E-state index is 5.54. The molecule has 2 aliphatic rings. The number of rotatable bonds is 7. The van der Waals surface area contributed by atoms with E-state index >= 15 is 0 Å². The normalized spacial score (nSPS) is 22.6. The van der Waals surface area contributed by atoms with E-state index < -0.39 is 0 Å². The fourth-order valence-corrected chi connectivity index (χ4v) is 1.97. The van der Waals surface area contributed by atoms with Crippen molar-refractivity contribution in [2.24, 2.45) is 11.7 Å². The zero-order valence-electron chi connectivity index (χ0n) is 8.54. The molecule has 0 aromatic carbocycles. The zero-order valence-corrected chi connectivity index (χ0v) is 8.54. The third-order valence-electron chi connectivity index (χ3n) is 3.23.